The first kappa shape index (κ1) is 18.6. The van der Waals surface area contributed by atoms with E-state index in [0.29, 0.717) is 34.6 Å². The molecule has 1 aliphatic heterocycles. The standard InChI is InChI=1S/C18H21N5O4S/c1-10(2)16-14-7-12(8-19-18(14)27-22-16)17(24)20-15-6-11(3)21-23(15)13-4-5-28(25,26)9-13/h6-8,10,13H,4-5,9H2,1-3H3,(H,20,24). The van der Waals surface area contributed by atoms with E-state index in [0.717, 1.165) is 5.69 Å². The minimum Gasteiger partial charge on any atom is -0.336 e. The fourth-order valence-electron chi connectivity index (χ4n) is 3.44. The van der Waals surface area contributed by atoms with Crippen molar-refractivity contribution in [2.24, 2.45) is 0 Å². The number of sulfone groups is 1. The van der Waals surface area contributed by atoms with Gasteiger partial charge < -0.3 is 9.84 Å². The van der Waals surface area contributed by atoms with Crippen LogP contribution in [0.1, 0.15) is 54.0 Å². The molecule has 1 unspecified atom stereocenters. The van der Waals surface area contributed by atoms with Gasteiger partial charge in [0, 0.05) is 12.3 Å². The van der Waals surface area contributed by atoms with Crippen LogP contribution in [0.25, 0.3) is 11.1 Å². The first-order valence-electron chi connectivity index (χ1n) is 9.07. The van der Waals surface area contributed by atoms with Crippen LogP contribution >= 0.6 is 0 Å². The summed E-state index contributed by atoms with van der Waals surface area (Å²) in [5, 5.41) is 11.9. The van der Waals surface area contributed by atoms with Gasteiger partial charge in [-0.1, -0.05) is 19.0 Å². The second-order valence-corrected chi connectivity index (χ2v) is 9.65. The first-order valence-corrected chi connectivity index (χ1v) is 10.9. The molecule has 148 valence electrons. The zero-order chi connectivity index (χ0) is 20.1. The van der Waals surface area contributed by atoms with Crippen LogP contribution in [0, 0.1) is 6.92 Å². The number of aryl methyl sites for hydroxylation is 1. The number of carbonyl (C=O) groups excluding carboxylic acids is 1. The fraction of sp³-hybridized carbons (Fsp3) is 0.444. The molecule has 0 aliphatic carbocycles. The van der Waals surface area contributed by atoms with Crippen molar-refractivity contribution in [2.75, 3.05) is 16.8 Å². The van der Waals surface area contributed by atoms with Crippen molar-refractivity contribution in [3.05, 3.63) is 35.3 Å². The van der Waals surface area contributed by atoms with Crippen LogP contribution in [0.15, 0.2) is 22.9 Å². The molecule has 1 fully saturated rings. The maximum atomic E-state index is 12.8. The Morgan fingerprint density at radius 3 is 2.82 bits per heavy atom. The third kappa shape index (κ3) is 3.39. The lowest BCUT2D eigenvalue weighted by Crippen LogP contribution is -2.19. The summed E-state index contributed by atoms with van der Waals surface area (Å²) in [6, 6.07) is 3.16. The molecule has 10 heteroatoms. The minimum atomic E-state index is -3.06. The summed E-state index contributed by atoms with van der Waals surface area (Å²) in [5.41, 5.74) is 2.20. The van der Waals surface area contributed by atoms with Crippen molar-refractivity contribution in [1.82, 2.24) is 19.9 Å². The highest BCUT2D eigenvalue weighted by Gasteiger charge is 2.31. The van der Waals surface area contributed by atoms with E-state index in [-0.39, 0.29) is 29.4 Å². The second kappa shape index (κ2) is 6.69. The third-order valence-electron chi connectivity index (χ3n) is 4.82. The number of nitrogens with one attached hydrogen (secondary N) is 1. The van der Waals surface area contributed by atoms with E-state index in [1.54, 1.807) is 23.7 Å². The summed E-state index contributed by atoms with van der Waals surface area (Å²) in [4.78, 5) is 17.0. The molecule has 4 rings (SSSR count). The number of nitrogens with zero attached hydrogens (tertiary/aromatic N) is 4. The summed E-state index contributed by atoms with van der Waals surface area (Å²) in [5.74, 6) is 0.417. The average molecular weight is 403 g/mol. The van der Waals surface area contributed by atoms with Crippen LogP contribution in [-0.2, 0) is 9.84 Å². The van der Waals surface area contributed by atoms with E-state index in [4.69, 9.17) is 4.52 Å². The van der Waals surface area contributed by atoms with E-state index >= 15 is 0 Å². The van der Waals surface area contributed by atoms with Gasteiger partial charge in [0.05, 0.1) is 39.9 Å². The fourth-order valence-corrected chi connectivity index (χ4v) is 5.13. The molecule has 1 amide bonds. The van der Waals surface area contributed by atoms with Gasteiger partial charge in [-0.3, -0.25) is 4.79 Å². The number of pyridine rings is 1. The van der Waals surface area contributed by atoms with Crippen molar-refractivity contribution >= 4 is 32.7 Å². The Labute approximate surface area is 162 Å². The molecule has 28 heavy (non-hydrogen) atoms. The predicted octanol–water partition coefficient (Wildman–Crippen LogP) is 2.46. The van der Waals surface area contributed by atoms with Gasteiger partial charge in [0.1, 0.15) is 5.82 Å². The average Bonchev–Trinajstić information content (AvgIpc) is 3.30. The highest BCUT2D eigenvalue weighted by molar-refractivity contribution is 7.91. The minimum absolute atomic E-state index is 0.0307. The highest BCUT2D eigenvalue weighted by atomic mass is 32.2. The van der Waals surface area contributed by atoms with E-state index < -0.39 is 9.84 Å². The number of amides is 1. The lowest BCUT2D eigenvalue weighted by molar-refractivity contribution is 0.102. The highest BCUT2D eigenvalue weighted by Crippen LogP contribution is 2.28. The summed E-state index contributed by atoms with van der Waals surface area (Å²) in [6.07, 6.45) is 1.92. The van der Waals surface area contributed by atoms with Crippen molar-refractivity contribution < 1.29 is 17.7 Å². The molecule has 0 spiro atoms. The normalized spacial score (nSPS) is 18.8. The second-order valence-electron chi connectivity index (χ2n) is 7.43. The smallest absolute Gasteiger partial charge is 0.258 e. The van der Waals surface area contributed by atoms with Crippen LogP contribution in [0.5, 0.6) is 0 Å². The topological polar surface area (TPSA) is 120 Å². The Morgan fingerprint density at radius 2 is 2.14 bits per heavy atom. The van der Waals surface area contributed by atoms with E-state index in [1.807, 2.05) is 13.8 Å². The zero-order valence-electron chi connectivity index (χ0n) is 15.8. The number of hydrogen-bond acceptors (Lipinski definition) is 7. The molecule has 0 bridgehead atoms. The molecule has 1 saturated heterocycles. The zero-order valence-corrected chi connectivity index (χ0v) is 16.7. The summed E-state index contributed by atoms with van der Waals surface area (Å²) >= 11 is 0. The summed E-state index contributed by atoms with van der Waals surface area (Å²) < 4.78 is 30.4. The van der Waals surface area contributed by atoms with Gasteiger partial charge >= 0.3 is 0 Å². The van der Waals surface area contributed by atoms with E-state index in [9.17, 15) is 13.2 Å². The molecule has 0 aromatic carbocycles. The van der Waals surface area contributed by atoms with Crippen LogP contribution in [0.4, 0.5) is 5.82 Å². The molecule has 1 aliphatic rings. The molecule has 0 radical (unpaired) electrons. The summed E-state index contributed by atoms with van der Waals surface area (Å²) in [6.45, 7) is 5.78. The molecule has 3 aromatic rings. The maximum Gasteiger partial charge on any atom is 0.258 e. The molecular weight excluding hydrogens is 382 g/mol. The number of fused-ring (bicyclic) bond motifs is 1. The van der Waals surface area contributed by atoms with Crippen molar-refractivity contribution in [1.29, 1.82) is 0 Å². The van der Waals surface area contributed by atoms with Gasteiger partial charge in [0.15, 0.2) is 9.84 Å². The number of carbonyl (C=O) groups is 1. The molecule has 3 aromatic heterocycles. The lowest BCUT2D eigenvalue weighted by Gasteiger charge is -2.13. The van der Waals surface area contributed by atoms with Crippen LogP contribution < -0.4 is 5.32 Å². The molecule has 4 heterocycles. The summed E-state index contributed by atoms with van der Waals surface area (Å²) in [7, 11) is -3.06. The Hall–Kier alpha value is -2.75. The van der Waals surface area contributed by atoms with Crippen molar-refractivity contribution in [2.45, 2.75) is 39.2 Å². The molecule has 1 atom stereocenters. The first-order chi connectivity index (χ1) is 13.2. The molecule has 0 saturated carbocycles. The lowest BCUT2D eigenvalue weighted by atomic mass is 10.1. The van der Waals surface area contributed by atoms with Gasteiger partial charge in [-0.05, 0) is 25.3 Å². The van der Waals surface area contributed by atoms with Crippen LogP contribution in [0.3, 0.4) is 0 Å². The Morgan fingerprint density at radius 1 is 1.36 bits per heavy atom. The SMILES string of the molecule is Cc1cc(NC(=O)c2cnc3onc(C(C)C)c3c2)n(C2CCS(=O)(=O)C2)n1. The number of aromatic nitrogens is 4. The van der Waals surface area contributed by atoms with Crippen molar-refractivity contribution in [3.8, 4) is 0 Å². The number of hydrogen-bond donors (Lipinski definition) is 1. The number of anilines is 1. The van der Waals surface area contributed by atoms with E-state index in [2.05, 4.69) is 20.6 Å². The monoisotopic (exact) mass is 403 g/mol. The van der Waals surface area contributed by atoms with Gasteiger partial charge in [-0.15, -0.1) is 0 Å². The van der Waals surface area contributed by atoms with Gasteiger partial charge in [0.25, 0.3) is 11.6 Å². The van der Waals surface area contributed by atoms with Crippen LogP contribution in [-0.4, -0.2) is 45.8 Å². The Bertz CT molecular complexity index is 1160. The van der Waals surface area contributed by atoms with E-state index in [1.165, 1.54) is 6.20 Å². The van der Waals surface area contributed by atoms with Gasteiger partial charge in [0.2, 0.25) is 0 Å². The molecule has 9 nitrogen and oxygen atoms in total. The Balaban J connectivity index is 1.62. The van der Waals surface area contributed by atoms with Gasteiger partial charge in [-0.25, -0.2) is 18.1 Å². The largest absolute Gasteiger partial charge is 0.336 e. The molecule has 1 N–H and O–H groups in total. The third-order valence-corrected chi connectivity index (χ3v) is 6.57. The molecular formula is C18H21N5O4S. The number of rotatable bonds is 4. The van der Waals surface area contributed by atoms with Crippen LogP contribution in [0.2, 0.25) is 0 Å². The van der Waals surface area contributed by atoms with Crippen molar-refractivity contribution in [3.63, 3.8) is 0 Å². The maximum absolute atomic E-state index is 12.8. The van der Waals surface area contributed by atoms with Gasteiger partial charge in [-0.2, -0.15) is 5.10 Å². The quantitative estimate of drug-likeness (QED) is 0.710. The predicted molar refractivity (Wildman–Crippen MR) is 103 cm³/mol. The Kier molecular flexibility index (Phi) is 4.45.